The van der Waals surface area contributed by atoms with Gasteiger partial charge in [-0.1, -0.05) is 0 Å². The maximum atomic E-state index is 9.66. The maximum absolute atomic E-state index is 9.66. The Kier molecular flexibility index (Phi) is 1.87. The first-order valence-electron chi connectivity index (χ1n) is 4.36. The Morgan fingerprint density at radius 3 is 2.64 bits per heavy atom. The molecule has 2 fully saturated rings. The third-order valence-electron chi connectivity index (χ3n) is 3.04. The molecule has 3 N–H and O–H groups in total. The molecule has 2 bridgehead atoms. The summed E-state index contributed by atoms with van der Waals surface area (Å²) in [7, 11) is 0. The van der Waals surface area contributed by atoms with Gasteiger partial charge >= 0.3 is 0 Å². The van der Waals surface area contributed by atoms with E-state index in [1.165, 1.54) is 0 Å². The number of hydrogen-bond donors (Lipinski definition) is 3. The highest BCUT2D eigenvalue weighted by atomic mass is 16.3. The van der Waals surface area contributed by atoms with Gasteiger partial charge in [0.05, 0.1) is 12.2 Å². The molecular formula is C8H15NO2. The van der Waals surface area contributed by atoms with Crippen molar-refractivity contribution in [3.8, 4) is 0 Å². The summed E-state index contributed by atoms with van der Waals surface area (Å²) in [5.74, 6) is 0.472. The lowest BCUT2D eigenvalue weighted by molar-refractivity contribution is -0.0722. The van der Waals surface area contributed by atoms with Crippen LogP contribution < -0.4 is 5.32 Å². The van der Waals surface area contributed by atoms with E-state index in [-0.39, 0.29) is 18.1 Å². The van der Waals surface area contributed by atoms with Crippen molar-refractivity contribution in [1.29, 1.82) is 0 Å². The molecule has 0 unspecified atom stereocenters. The molecule has 2 aliphatic rings. The van der Waals surface area contributed by atoms with Crippen molar-refractivity contribution < 1.29 is 10.2 Å². The van der Waals surface area contributed by atoms with E-state index >= 15 is 0 Å². The first-order chi connectivity index (χ1) is 5.29. The van der Waals surface area contributed by atoms with E-state index in [0.717, 1.165) is 25.9 Å². The fraction of sp³-hybridized carbons (Fsp3) is 1.00. The molecule has 0 aromatic carbocycles. The third-order valence-corrected chi connectivity index (χ3v) is 3.04. The van der Waals surface area contributed by atoms with Crippen LogP contribution in [0, 0.1) is 11.8 Å². The van der Waals surface area contributed by atoms with E-state index in [2.05, 4.69) is 5.32 Å². The molecule has 2 rings (SSSR count). The predicted octanol–water partition coefficient (Wildman–Crippen LogP) is -0.662. The smallest absolute Gasteiger partial charge is 0.0645 e. The third kappa shape index (κ3) is 1.17. The fourth-order valence-electron chi connectivity index (χ4n) is 2.26. The first kappa shape index (κ1) is 7.53. The van der Waals surface area contributed by atoms with E-state index < -0.39 is 0 Å². The van der Waals surface area contributed by atoms with Crippen LogP contribution in [0.2, 0.25) is 0 Å². The quantitative estimate of drug-likeness (QED) is 0.437. The summed E-state index contributed by atoms with van der Waals surface area (Å²) in [5, 5.41) is 22.4. The van der Waals surface area contributed by atoms with Gasteiger partial charge in [-0.15, -0.1) is 0 Å². The standard InChI is InChI=1S/C8H15NO2/c10-7-2-1-5-3-9-4-6(7)8(5)11/h5-11H,1-4H2/t5-,6-,7-,8-/m1/s1. The molecule has 1 heterocycles. The van der Waals surface area contributed by atoms with E-state index in [9.17, 15) is 10.2 Å². The van der Waals surface area contributed by atoms with Crippen LogP contribution in [0.3, 0.4) is 0 Å². The van der Waals surface area contributed by atoms with Crippen LogP contribution in [0.4, 0.5) is 0 Å². The molecule has 11 heavy (non-hydrogen) atoms. The summed E-state index contributed by atoms with van der Waals surface area (Å²) in [4.78, 5) is 0. The average Bonchev–Trinajstić information content (AvgIpc) is 1.98. The molecule has 1 aliphatic heterocycles. The Hall–Kier alpha value is -0.120. The number of nitrogens with one attached hydrogen (secondary N) is 1. The number of piperidine rings is 1. The van der Waals surface area contributed by atoms with E-state index in [4.69, 9.17) is 0 Å². The second kappa shape index (κ2) is 2.73. The molecule has 0 radical (unpaired) electrons. The average molecular weight is 157 g/mol. The summed E-state index contributed by atoms with van der Waals surface area (Å²) >= 11 is 0. The predicted molar refractivity (Wildman–Crippen MR) is 41.1 cm³/mol. The molecule has 64 valence electrons. The molecule has 3 heteroatoms. The minimum absolute atomic E-state index is 0.0856. The van der Waals surface area contributed by atoms with Crippen LogP contribution in [0.15, 0.2) is 0 Å². The van der Waals surface area contributed by atoms with Crippen LogP contribution in [-0.4, -0.2) is 35.5 Å². The van der Waals surface area contributed by atoms with Crippen LogP contribution in [0.1, 0.15) is 12.8 Å². The highest BCUT2D eigenvalue weighted by Gasteiger charge is 2.39. The zero-order valence-electron chi connectivity index (χ0n) is 6.53. The largest absolute Gasteiger partial charge is 0.393 e. The van der Waals surface area contributed by atoms with Gasteiger partial charge in [0.25, 0.3) is 0 Å². The topological polar surface area (TPSA) is 52.5 Å². The van der Waals surface area contributed by atoms with E-state index in [0.29, 0.717) is 5.92 Å². The summed E-state index contributed by atoms with van der Waals surface area (Å²) in [6, 6.07) is 0. The SMILES string of the molecule is O[C@@H]1[C@@H]2CC[C@@H](O)[C@H]1CNC2. The highest BCUT2D eigenvalue weighted by Crippen LogP contribution is 2.31. The lowest BCUT2D eigenvalue weighted by atomic mass is 9.74. The Bertz CT molecular complexity index is 151. The Morgan fingerprint density at radius 2 is 1.91 bits per heavy atom. The van der Waals surface area contributed by atoms with Crippen molar-refractivity contribution in [3.05, 3.63) is 0 Å². The van der Waals surface area contributed by atoms with Crippen LogP contribution in [-0.2, 0) is 0 Å². The van der Waals surface area contributed by atoms with Crippen molar-refractivity contribution >= 4 is 0 Å². The Labute approximate surface area is 66.4 Å². The normalized spacial score (nSPS) is 50.7. The van der Waals surface area contributed by atoms with Crippen molar-refractivity contribution in [3.63, 3.8) is 0 Å². The first-order valence-corrected chi connectivity index (χ1v) is 4.36. The number of fused-ring (bicyclic) bond motifs is 2. The van der Waals surface area contributed by atoms with Crippen LogP contribution in [0.5, 0.6) is 0 Å². The molecule has 1 saturated heterocycles. The Balaban J connectivity index is 2.09. The number of aliphatic hydroxyl groups is 2. The molecule has 4 atom stereocenters. The van der Waals surface area contributed by atoms with Crippen molar-refractivity contribution in [2.75, 3.05) is 13.1 Å². The van der Waals surface area contributed by atoms with Gasteiger partial charge in [-0.25, -0.2) is 0 Å². The minimum Gasteiger partial charge on any atom is -0.393 e. The Morgan fingerprint density at radius 1 is 1.09 bits per heavy atom. The summed E-state index contributed by atoms with van der Waals surface area (Å²) < 4.78 is 0. The van der Waals surface area contributed by atoms with Gasteiger partial charge in [0.1, 0.15) is 0 Å². The van der Waals surface area contributed by atoms with Gasteiger partial charge in [-0.05, 0) is 18.8 Å². The second-order valence-corrected chi connectivity index (χ2v) is 3.72. The molecule has 3 nitrogen and oxygen atoms in total. The van der Waals surface area contributed by atoms with E-state index in [1.807, 2.05) is 0 Å². The molecule has 0 spiro atoms. The minimum atomic E-state index is -0.283. The fourth-order valence-corrected chi connectivity index (χ4v) is 2.26. The molecule has 1 aliphatic carbocycles. The number of aliphatic hydroxyl groups excluding tert-OH is 2. The van der Waals surface area contributed by atoms with Gasteiger partial charge < -0.3 is 15.5 Å². The lowest BCUT2D eigenvalue weighted by Crippen LogP contribution is -2.54. The summed E-state index contributed by atoms with van der Waals surface area (Å²) in [5.41, 5.74) is 0. The molecule has 1 saturated carbocycles. The second-order valence-electron chi connectivity index (χ2n) is 3.72. The number of rotatable bonds is 0. The van der Waals surface area contributed by atoms with Gasteiger partial charge in [0.15, 0.2) is 0 Å². The number of hydrogen-bond acceptors (Lipinski definition) is 3. The van der Waals surface area contributed by atoms with Crippen molar-refractivity contribution in [1.82, 2.24) is 5.32 Å². The maximum Gasteiger partial charge on any atom is 0.0645 e. The zero-order valence-corrected chi connectivity index (χ0v) is 6.53. The van der Waals surface area contributed by atoms with Crippen molar-refractivity contribution in [2.24, 2.45) is 11.8 Å². The molecular weight excluding hydrogens is 142 g/mol. The monoisotopic (exact) mass is 157 g/mol. The molecule has 0 aromatic rings. The van der Waals surface area contributed by atoms with Crippen LogP contribution in [0.25, 0.3) is 0 Å². The summed E-state index contributed by atoms with van der Waals surface area (Å²) in [6.45, 7) is 1.70. The van der Waals surface area contributed by atoms with Crippen LogP contribution >= 0.6 is 0 Å². The van der Waals surface area contributed by atoms with Gasteiger partial charge in [0, 0.05) is 19.0 Å². The highest BCUT2D eigenvalue weighted by molar-refractivity contribution is 4.92. The van der Waals surface area contributed by atoms with Gasteiger partial charge in [-0.3, -0.25) is 0 Å². The molecule has 0 amide bonds. The van der Waals surface area contributed by atoms with Gasteiger partial charge in [0.2, 0.25) is 0 Å². The molecule has 0 aromatic heterocycles. The zero-order chi connectivity index (χ0) is 7.84. The van der Waals surface area contributed by atoms with Gasteiger partial charge in [-0.2, -0.15) is 0 Å². The van der Waals surface area contributed by atoms with E-state index in [1.54, 1.807) is 0 Å². The van der Waals surface area contributed by atoms with Crippen molar-refractivity contribution in [2.45, 2.75) is 25.0 Å². The lowest BCUT2D eigenvalue weighted by Gasteiger charge is -2.42. The summed E-state index contributed by atoms with van der Waals surface area (Å²) in [6.07, 6.45) is 1.29.